The van der Waals surface area contributed by atoms with Crippen LogP contribution in [0, 0.1) is 17.0 Å². The van der Waals surface area contributed by atoms with Crippen LogP contribution in [-0.4, -0.2) is 48.6 Å². The van der Waals surface area contributed by atoms with E-state index in [1.807, 2.05) is 18.2 Å². The minimum atomic E-state index is -0.467. The van der Waals surface area contributed by atoms with Gasteiger partial charge in [-0.3, -0.25) is 4.79 Å². The predicted molar refractivity (Wildman–Crippen MR) is 118 cm³/mol. The van der Waals surface area contributed by atoms with Crippen molar-refractivity contribution in [3.8, 4) is 0 Å². The van der Waals surface area contributed by atoms with E-state index in [4.69, 9.17) is 9.47 Å². The minimum Gasteiger partial charge on any atom is -0.461 e. The SMILES string of the molecule is Cc1ncc([N+](=O)[O-])n1CCn1cc(CN2C(=O)C(=C3OCCO3)c3cc(Br)ccc32)nn1. The summed E-state index contributed by atoms with van der Waals surface area (Å²) < 4.78 is 15.0. The molecule has 0 saturated carbocycles. The number of fused-ring (bicyclic) bond motifs is 1. The maximum atomic E-state index is 13.3. The Hall–Kier alpha value is -3.74. The zero-order valence-electron chi connectivity index (χ0n) is 17.5. The number of imidazole rings is 1. The van der Waals surface area contributed by atoms with Crippen LogP contribution in [0.2, 0.25) is 0 Å². The van der Waals surface area contributed by atoms with Crippen LogP contribution in [0.1, 0.15) is 17.1 Å². The molecule has 13 heteroatoms. The van der Waals surface area contributed by atoms with Crippen molar-refractivity contribution in [3.05, 3.63) is 68.2 Å². The van der Waals surface area contributed by atoms with E-state index in [0.717, 1.165) is 15.7 Å². The molecule has 170 valence electrons. The number of aromatic nitrogens is 5. The van der Waals surface area contributed by atoms with Gasteiger partial charge in [0.15, 0.2) is 5.82 Å². The van der Waals surface area contributed by atoms with E-state index < -0.39 is 4.92 Å². The molecule has 3 aromatic rings. The molecule has 2 aromatic heterocycles. The van der Waals surface area contributed by atoms with Gasteiger partial charge >= 0.3 is 5.82 Å². The van der Waals surface area contributed by atoms with E-state index in [2.05, 4.69) is 31.2 Å². The fraction of sp³-hybridized carbons (Fsp3) is 0.300. The maximum Gasteiger partial charge on any atom is 0.342 e. The molecule has 0 unspecified atom stereocenters. The Morgan fingerprint density at radius 1 is 1.24 bits per heavy atom. The second kappa shape index (κ2) is 8.31. The number of halogens is 1. The molecule has 1 aromatic carbocycles. The summed E-state index contributed by atoms with van der Waals surface area (Å²) in [7, 11) is 0. The van der Waals surface area contributed by atoms with Gasteiger partial charge in [-0.2, -0.15) is 0 Å². The van der Waals surface area contributed by atoms with Gasteiger partial charge in [-0.25, -0.2) is 14.2 Å². The molecule has 33 heavy (non-hydrogen) atoms. The summed E-state index contributed by atoms with van der Waals surface area (Å²) in [5.74, 6) is 0.474. The molecular weight excluding hydrogens is 498 g/mol. The van der Waals surface area contributed by atoms with Gasteiger partial charge in [0.25, 0.3) is 11.9 Å². The standard InChI is InChI=1S/C20H18BrN7O5/c1-12-22-9-17(28(30)31)26(12)5-4-25-10-14(23-24-25)11-27-16-3-2-13(21)8-15(16)18(19(27)29)20-32-6-7-33-20/h2-3,8-10H,4-7,11H2,1H3. The van der Waals surface area contributed by atoms with Crippen molar-refractivity contribution >= 4 is 38.9 Å². The van der Waals surface area contributed by atoms with Crippen LogP contribution < -0.4 is 4.90 Å². The van der Waals surface area contributed by atoms with Crippen molar-refractivity contribution in [1.82, 2.24) is 24.5 Å². The maximum absolute atomic E-state index is 13.3. The number of nitrogens with zero attached hydrogens (tertiary/aromatic N) is 7. The van der Waals surface area contributed by atoms with Crippen molar-refractivity contribution in [3.63, 3.8) is 0 Å². The monoisotopic (exact) mass is 515 g/mol. The van der Waals surface area contributed by atoms with Crippen molar-refractivity contribution in [2.75, 3.05) is 18.1 Å². The van der Waals surface area contributed by atoms with Gasteiger partial charge in [-0.1, -0.05) is 21.1 Å². The third kappa shape index (κ3) is 3.84. The number of rotatable bonds is 6. The van der Waals surface area contributed by atoms with Gasteiger partial charge in [0.05, 0.1) is 25.0 Å². The Morgan fingerprint density at radius 2 is 2.03 bits per heavy atom. The fourth-order valence-electron chi connectivity index (χ4n) is 3.88. The second-order valence-corrected chi connectivity index (χ2v) is 8.37. The lowest BCUT2D eigenvalue weighted by Gasteiger charge is -2.15. The number of nitro groups is 1. The number of aryl methyl sites for hydroxylation is 2. The Balaban J connectivity index is 1.36. The highest BCUT2D eigenvalue weighted by molar-refractivity contribution is 9.10. The molecule has 4 heterocycles. The number of hydrogen-bond donors (Lipinski definition) is 0. The number of ether oxygens (including phenoxy) is 2. The summed E-state index contributed by atoms with van der Waals surface area (Å²) in [6.45, 7) is 3.39. The van der Waals surface area contributed by atoms with E-state index in [-0.39, 0.29) is 24.2 Å². The van der Waals surface area contributed by atoms with Gasteiger partial charge in [-0.15, -0.1) is 5.10 Å². The fourth-order valence-corrected chi connectivity index (χ4v) is 4.24. The number of benzene rings is 1. The largest absolute Gasteiger partial charge is 0.461 e. The second-order valence-electron chi connectivity index (χ2n) is 7.46. The van der Waals surface area contributed by atoms with Crippen molar-refractivity contribution in [2.45, 2.75) is 26.6 Å². The molecular formula is C20H18BrN7O5. The Labute approximate surface area is 195 Å². The summed E-state index contributed by atoms with van der Waals surface area (Å²) in [4.78, 5) is 29.6. The third-order valence-electron chi connectivity index (χ3n) is 5.41. The zero-order valence-corrected chi connectivity index (χ0v) is 19.1. The lowest BCUT2D eigenvalue weighted by Crippen LogP contribution is -2.26. The molecule has 2 aliphatic heterocycles. The van der Waals surface area contributed by atoms with E-state index in [0.29, 0.717) is 43.4 Å². The topological polar surface area (TPSA) is 130 Å². The quantitative estimate of drug-likeness (QED) is 0.278. The van der Waals surface area contributed by atoms with E-state index >= 15 is 0 Å². The molecule has 1 amide bonds. The smallest absolute Gasteiger partial charge is 0.342 e. The summed E-state index contributed by atoms with van der Waals surface area (Å²) >= 11 is 3.46. The van der Waals surface area contributed by atoms with Crippen LogP contribution in [-0.2, 0) is 33.9 Å². The van der Waals surface area contributed by atoms with Crippen LogP contribution in [0.3, 0.4) is 0 Å². The lowest BCUT2D eigenvalue weighted by molar-refractivity contribution is -0.392. The van der Waals surface area contributed by atoms with Crippen LogP contribution >= 0.6 is 15.9 Å². The first-order valence-electron chi connectivity index (χ1n) is 10.1. The van der Waals surface area contributed by atoms with E-state index in [9.17, 15) is 14.9 Å². The molecule has 0 spiro atoms. The first-order valence-corrected chi connectivity index (χ1v) is 10.9. The summed E-state index contributed by atoms with van der Waals surface area (Å²) in [6.07, 6.45) is 2.96. The molecule has 0 N–H and O–H groups in total. The van der Waals surface area contributed by atoms with Gasteiger partial charge < -0.3 is 24.5 Å². The molecule has 0 radical (unpaired) electrons. The van der Waals surface area contributed by atoms with Crippen LogP contribution in [0.5, 0.6) is 0 Å². The number of hydrogen-bond acceptors (Lipinski definition) is 8. The average Bonchev–Trinajstić information content (AvgIpc) is 3.55. The molecule has 0 atom stereocenters. The summed E-state index contributed by atoms with van der Waals surface area (Å²) in [6, 6.07) is 5.57. The van der Waals surface area contributed by atoms with Gasteiger partial charge in [-0.05, 0) is 23.1 Å². The van der Waals surface area contributed by atoms with E-state index in [1.54, 1.807) is 22.7 Å². The minimum absolute atomic E-state index is 0.0739. The number of carbonyl (C=O) groups excluding carboxylic acids is 1. The number of amides is 1. The lowest BCUT2D eigenvalue weighted by atomic mass is 10.1. The Kier molecular flexibility index (Phi) is 5.32. The summed E-state index contributed by atoms with van der Waals surface area (Å²) in [5.41, 5.74) is 2.42. The molecule has 0 aliphatic carbocycles. The Bertz CT molecular complexity index is 1290. The molecule has 12 nitrogen and oxygen atoms in total. The summed E-state index contributed by atoms with van der Waals surface area (Å²) in [5, 5.41) is 19.5. The van der Waals surface area contributed by atoms with Crippen LogP contribution in [0.15, 0.2) is 41.0 Å². The highest BCUT2D eigenvalue weighted by Crippen LogP contribution is 2.41. The number of anilines is 1. The van der Waals surface area contributed by atoms with Crippen molar-refractivity contribution in [2.24, 2.45) is 0 Å². The Morgan fingerprint density at radius 3 is 2.79 bits per heavy atom. The molecule has 0 bridgehead atoms. The van der Waals surface area contributed by atoms with Crippen LogP contribution in [0.25, 0.3) is 5.57 Å². The predicted octanol–water partition coefficient (Wildman–Crippen LogP) is 2.42. The molecule has 1 fully saturated rings. The first kappa shape index (κ1) is 21.1. The van der Waals surface area contributed by atoms with Crippen molar-refractivity contribution in [1.29, 1.82) is 0 Å². The highest BCUT2D eigenvalue weighted by Gasteiger charge is 2.38. The van der Waals surface area contributed by atoms with Gasteiger partial charge in [0.1, 0.15) is 37.2 Å². The molecule has 5 rings (SSSR count). The zero-order chi connectivity index (χ0) is 23.1. The highest BCUT2D eigenvalue weighted by atomic mass is 79.9. The van der Waals surface area contributed by atoms with Crippen molar-refractivity contribution < 1.29 is 19.2 Å². The average molecular weight is 516 g/mol. The first-order chi connectivity index (χ1) is 15.9. The molecule has 1 saturated heterocycles. The normalized spacial score (nSPS) is 15.1. The van der Waals surface area contributed by atoms with Crippen LogP contribution in [0.4, 0.5) is 11.5 Å². The third-order valence-corrected chi connectivity index (χ3v) is 5.90. The van der Waals surface area contributed by atoms with Gasteiger partial charge in [0, 0.05) is 17.0 Å². The van der Waals surface area contributed by atoms with E-state index in [1.165, 1.54) is 10.8 Å². The number of carbonyl (C=O) groups is 1. The molecule has 2 aliphatic rings. The van der Waals surface area contributed by atoms with Gasteiger partial charge in [0.2, 0.25) is 0 Å².